The summed E-state index contributed by atoms with van der Waals surface area (Å²) in [5, 5.41) is 2.84. The average molecular weight is 313 g/mol. The van der Waals surface area contributed by atoms with Gasteiger partial charge in [0.15, 0.2) is 12.7 Å². The van der Waals surface area contributed by atoms with Crippen molar-refractivity contribution in [3.8, 4) is 0 Å². The van der Waals surface area contributed by atoms with E-state index in [1.807, 2.05) is 64.2 Å². The molecule has 0 radical (unpaired) electrons. The van der Waals surface area contributed by atoms with E-state index in [9.17, 15) is 4.79 Å². The van der Waals surface area contributed by atoms with E-state index in [1.165, 1.54) is 5.56 Å². The molecule has 4 heteroatoms. The Hall–Kier alpha value is -2.36. The van der Waals surface area contributed by atoms with Crippen LogP contribution in [0.25, 0.3) is 0 Å². The van der Waals surface area contributed by atoms with Gasteiger partial charge in [-0.25, -0.2) is 4.79 Å². The van der Waals surface area contributed by atoms with E-state index in [2.05, 4.69) is 22.0 Å². The van der Waals surface area contributed by atoms with Crippen molar-refractivity contribution >= 4 is 6.09 Å². The van der Waals surface area contributed by atoms with Gasteiger partial charge in [0.2, 0.25) is 5.69 Å². The maximum absolute atomic E-state index is 11.9. The van der Waals surface area contributed by atoms with Crippen LogP contribution in [0.1, 0.15) is 37.6 Å². The molecule has 122 valence electrons. The second kappa shape index (κ2) is 7.27. The molecule has 0 aliphatic heterocycles. The Morgan fingerprint density at radius 1 is 1.13 bits per heavy atom. The van der Waals surface area contributed by atoms with Crippen LogP contribution in [-0.2, 0) is 17.8 Å². The summed E-state index contributed by atoms with van der Waals surface area (Å²) < 4.78 is 7.45. The number of carbonyl (C=O) groups excluding carboxylic acids is 1. The van der Waals surface area contributed by atoms with Gasteiger partial charge in [-0.1, -0.05) is 30.3 Å². The highest BCUT2D eigenvalue weighted by molar-refractivity contribution is 5.67. The van der Waals surface area contributed by atoms with E-state index >= 15 is 0 Å². The lowest BCUT2D eigenvalue weighted by atomic mass is 10.1. The molecule has 1 aromatic heterocycles. The first-order chi connectivity index (χ1) is 10.8. The number of aryl methyl sites for hydroxylation is 1. The number of hydrogen-bond donors (Lipinski definition) is 1. The van der Waals surface area contributed by atoms with Crippen molar-refractivity contribution < 1.29 is 14.1 Å². The molecule has 0 saturated heterocycles. The lowest BCUT2D eigenvalue weighted by molar-refractivity contribution is -0.696. The number of pyridine rings is 1. The highest BCUT2D eigenvalue weighted by atomic mass is 16.6. The summed E-state index contributed by atoms with van der Waals surface area (Å²) in [7, 11) is 0. The molecule has 0 aliphatic rings. The number of nitrogens with zero attached hydrogens (tertiary/aromatic N) is 1. The van der Waals surface area contributed by atoms with Crippen molar-refractivity contribution in [2.45, 2.75) is 46.4 Å². The van der Waals surface area contributed by atoms with Gasteiger partial charge in [-0.15, -0.1) is 0 Å². The van der Waals surface area contributed by atoms with Crippen molar-refractivity contribution in [1.29, 1.82) is 0 Å². The van der Waals surface area contributed by atoms with E-state index in [4.69, 9.17) is 4.74 Å². The van der Waals surface area contributed by atoms with E-state index in [0.717, 1.165) is 17.8 Å². The Morgan fingerprint density at radius 3 is 2.48 bits per heavy atom. The molecule has 4 nitrogen and oxygen atoms in total. The third kappa shape index (κ3) is 5.40. The minimum Gasteiger partial charge on any atom is -0.444 e. The Bertz CT molecular complexity index is 661. The van der Waals surface area contributed by atoms with Crippen molar-refractivity contribution in [2.24, 2.45) is 0 Å². The summed E-state index contributed by atoms with van der Waals surface area (Å²) in [6.07, 6.45) is 1.64. The number of nitrogens with one attached hydrogen (secondary N) is 1. The van der Waals surface area contributed by atoms with Crippen LogP contribution in [0.2, 0.25) is 0 Å². The lowest BCUT2D eigenvalue weighted by Gasteiger charge is -2.19. The average Bonchev–Trinajstić information content (AvgIpc) is 2.46. The molecule has 0 bridgehead atoms. The summed E-state index contributed by atoms with van der Waals surface area (Å²) in [5.74, 6) is 0. The van der Waals surface area contributed by atoms with Gasteiger partial charge in [0.1, 0.15) is 12.1 Å². The smallest absolute Gasteiger partial charge is 0.408 e. The van der Waals surface area contributed by atoms with Crippen LogP contribution in [0.5, 0.6) is 0 Å². The van der Waals surface area contributed by atoms with Gasteiger partial charge >= 0.3 is 6.09 Å². The Kier molecular flexibility index (Phi) is 5.37. The third-order valence-electron chi connectivity index (χ3n) is 3.41. The zero-order chi connectivity index (χ0) is 16.9. The molecule has 1 heterocycles. The predicted molar refractivity (Wildman–Crippen MR) is 90.0 cm³/mol. The first-order valence-corrected chi connectivity index (χ1v) is 7.84. The molecule has 2 aromatic rings. The molecule has 1 N–H and O–H groups in total. The summed E-state index contributed by atoms with van der Waals surface area (Å²) in [6, 6.07) is 14.3. The number of amides is 1. The van der Waals surface area contributed by atoms with Crippen molar-refractivity contribution in [3.05, 3.63) is 65.5 Å². The fraction of sp³-hybridized carbons (Fsp3) is 0.368. The molecule has 1 aromatic carbocycles. The second-order valence-electron chi connectivity index (χ2n) is 6.61. The number of hydrogen-bond acceptors (Lipinski definition) is 2. The van der Waals surface area contributed by atoms with Gasteiger partial charge in [0.25, 0.3) is 0 Å². The molecule has 0 saturated carbocycles. The SMILES string of the molecule is Cc1ccc[n+](Cc2ccccc2)c1CNC(=O)OC(C)(C)C. The number of benzene rings is 1. The Labute approximate surface area is 138 Å². The van der Waals surface area contributed by atoms with Gasteiger partial charge in [-0.3, -0.25) is 0 Å². The molecule has 0 aliphatic carbocycles. The van der Waals surface area contributed by atoms with Crippen LogP contribution in [0.3, 0.4) is 0 Å². The van der Waals surface area contributed by atoms with Crippen LogP contribution < -0.4 is 9.88 Å². The number of ether oxygens (including phenoxy) is 1. The minimum atomic E-state index is -0.490. The van der Waals surface area contributed by atoms with E-state index in [1.54, 1.807) is 0 Å². The molecule has 0 unspecified atom stereocenters. The van der Waals surface area contributed by atoms with Crippen LogP contribution in [0, 0.1) is 6.92 Å². The fourth-order valence-corrected chi connectivity index (χ4v) is 2.34. The number of rotatable bonds is 4. The van der Waals surface area contributed by atoms with Crippen LogP contribution in [0.15, 0.2) is 48.7 Å². The van der Waals surface area contributed by atoms with E-state index < -0.39 is 11.7 Å². The van der Waals surface area contributed by atoms with Gasteiger partial charge in [0, 0.05) is 17.2 Å². The topological polar surface area (TPSA) is 42.2 Å². The number of alkyl carbamates (subject to hydrolysis) is 1. The molecule has 1 amide bonds. The Morgan fingerprint density at radius 2 is 1.83 bits per heavy atom. The summed E-state index contributed by atoms with van der Waals surface area (Å²) in [6.45, 7) is 8.83. The lowest BCUT2D eigenvalue weighted by Crippen LogP contribution is -2.42. The zero-order valence-corrected chi connectivity index (χ0v) is 14.3. The van der Waals surface area contributed by atoms with E-state index in [0.29, 0.717) is 6.54 Å². The number of aromatic nitrogens is 1. The second-order valence-corrected chi connectivity index (χ2v) is 6.61. The van der Waals surface area contributed by atoms with Crippen LogP contribution in [0.4, 0.5) is 4.79 Å². The van der Waals surface area contributed by atoms with Gasteiger partial charge in [0.05, 0.1) is 0 Å². The van der Waals surface area contributed by atoms with Gasteiger partial charge in [-0.2, -0.15) is 4.57 Å². The van der Waals surface area contributed by atoms with Crippen molar-refractivity contribution in [2.75, 3.05) is 0 Å². The minimum absolute atomic E-state index is 0.396. The first kappa shape index (κ1) is 17.0. The van der Waals surface area contributed by atoms with Crippen LogP contribution >= 0.6 is 0 Å². The molecule has 2 rings (SSSR count). The predicted octanol–water partition coefficient (Wildman–Crippen LogP) is 3.36. The first-order valence-electron chi connectivity index (χ1n) is 7.84. The van der Waals surface area contributed by atoms with E-state index in [-0.39, 0.29) is 0 Å². The summed E-state index contributed by atoms with van der Waals surface area (Å²) in [4.78, 5) is 11.9. The summed E-state index contributed by atoms with van der Waals surface area (Å²) in [5.41, 5.74) is 2.94. The zero-order valence-electron chi connectivity index (χ0n) is 14.3. The quantitative estimate of drug-likeness (QED) is 0.880. The molecule has 0 spiro atoms. The third-order valence-corrected chi connectivity index (χ3v) is 3.41. The van der Waals surface area contributed by atoms with Crippen molar-refractivity contribution in [1.82, 2.24) is 5.32 Å². The van der Waals surface area contributed by atoms with Crippen molar-refractivity contribution in [3.63, 3.8) is 0 Å². The highest BCUT2D eigenvalue weighted by Crippen LogP contribution is 2.08. The molecule has 0 fully saturated rings. The maximum atomic E-state index is 11.9. The molecule has 23 heavy (non-hydrogen) atoms. The number of carbonyl (C=O) groups is 1. The Balaban J connectivity index is 2.10. The standard InChI is InChI=1S/C19H24N2O2/c1-15-9-8-12-21(14-16-10-6-5-7-11-16)17(15)13-20-18(22)23-19(2,3)4/h5-12H,13-14H2,1-4H3/p+1. The molecular weight excluding hydrogens is 288 g/mol. The summed E-state index contributed by atoms with van der Waals surface area (Å²) >= 11 is 0. The monoisotopic (exact) mass is 313 g/mol. The van der Waals surface area contributed by atoms with Crippen LogP contribution in [-0.4, -0.2) is 11.7 Å². The van der Waals surface area contributed by atoms with Gasteiger partial charge in [-0.05, 0) is 33.8 Å². The normalized spacial score (nSPS) is 11.1. The molecular formula is C19H25N2O2+. The fourth-order valence-electron chi connectivity index (χ4n) is 2.34. The largest absolute Gasteiger partial charge is 0.444 e. The maximum Gasteiger partial charge on any atom is 0.408 e. The highest BCUT2D eigenvalue weighted by Gasteiger charge is 2.19. The molecule has 0 atom stereocenters. The van der Waals surface area contributed by atoms with Gasteiger partial charge < -0.3 is 10.1 Å².